The molecule has 3 aromatic carbocycles. The third-order valence-electron chi connectivity index (χ3n) is 5.55. The summed E-state index contributed by atoms with van der Waals surface area (Å²) in [4.78, 5) is 17.0. The average molecular weight is 415 g/mol. The maximum atomic E-state index is 12.2. The zero-order chi connectivity index (χ0) is 20.8. The number of nitrogens with zero attached hydrogens (tertiary/aromatic N) is 1. The Morgan fingerprint density at radius 1 is 1.10 bits per heavy atom. The zero-order valence-electron chi connectivity index (χ0n) is 17.2. The number of fused-ring (bicyclic) bond motifs is 1. The maximum absolute atomic E-state index is 12.2. The fraction of sp³-hybridized carbons (Fsp3) is 0.200. The minimum atomic E-state index is -0.316. The lowest BCUT2D eigenvalue weighted by Gasteiger charge is -2.18. The molecule has 0 spiro atoms. The molecule has 30 heavy (non-hydrogen) atoms. The molecule has 1 aromatic heterocycles. The largest absolute Gasteiger partial charge is 0.423 e. The summed E-state index contributed by atoms with van der Waals surface area (Å²) in [6.45, 7) is 6.43. The van der Waals surface area contributed by atoms with Gasteiger partial charge in [-0.3, -0.25) is 0 Å². The van der Waals surface area contributed by atoms with Crippen LogP contribution in [-0.4, -0.2) is 5.17 Å². The van der Waals surface area contributed by atoms with Crippen molar-refractivity contribution in [2.75, 3.05) is 5.32 Å². The molecular weight excluding hydrogens is 392 g/mol. The summed E-state index contributed by atoms with van der Waals surface area (Å²) in [5.41, 5.74) is 5.76. The van der Waals surface area contributed by atoms with E-state index in [9.17, 15) is 4.79 Å². The van der Waals surface area contributed by atoms with Crippen molar-refractivity contribution in [1.82, 2.24) is 0 Å². The highest BCUT2D eigenvalue weighted by Gasteiger charge is 2.16. The predicted molar refractivity (Wildman–Crippen MR) is 127 cm³/mol. The lowest BCUT2D eigenvalue weighted by atomic mass is 9.95. The van der Waals surface area contributed by atoms with E-state index in [0.717, 1.165) is 38.4 Å². The van der Waals surface area contributed by atoms with Crippen LogP contribution in [0.3, 0.4) is 0 Å². The van der Waals surface area contributed by atoms with Crippen LogP contribution in [0, 0.1) is 6.92 Å². The molecule has 5 heteroatoms. The van der Waals surface area contributed by atoms with E-state index in [2.05, 4.69) is 50.4 Å². The van der Waals surface area contributed by atoms with Crippen LogP contribution in [0.4, 0.5) is 11.4 Å². The van der Waals surface area contributed by atoms with Crippen LogP contribution in [0.5, 0.6) is 0 Å². The van der Waals surface area contributed by atoms with E-state index in [1.54, 1.807) is 17.8 Å². The molecule has 0 radical (unpaired) electrons. The van der Waals surface area contributed by atoms with Crippen LogP contribution in [0.2, 0.25) is 0 Å². The van der Waals surface area contributed by atoms with Gasteiger partial charge in [0.2, 0.25) is 0 Å². The normalized spacial score (nSPS) is 13.0. The van der Waals surface area contributed by atoms with Gasteiger partial charge in [0, 0.05) is 22.6 Å². The zero-order valence-corrected chi connectivity index (χ0v) is 18.0. The summed E-state index contributed by atoms with van der Waals surface area (Å²) in [5.74, 6) is 1.04. The van der Waals surface area contributed by atoms with Crippen molar-refractivity contribution in [2.45, 2.75) is 32.4 Å². The summed E-state index contributed by atoms with van der Waals surface area (Å²) >= 11 is 1.60. The number of anilines is 1. The molecule has 0 fully saturated rings. The van der Waals surface area contributed by atoms with Crippen LogP contribution in [0.1, 0.15) is 36.5 Å². The van der Waals surface area contributed by atoms with Crippen molar-refractivity contribution in [3.63, 3.8) is 0 Å². The Morgan fingerprint density at radius 3 is 2.70 bits per heavy atom. The molecule has 0 aliphatic carbocycles. The van der Waals surface area contributed by atoms with Gasteiger partial charge in [0.15, 0.2) is 5.17 Å². The van der Waals surface area contributed by atoms with Gasteiger partial charge >= 0.3 is 5.63 Å². The number of nitrogens with one attached hydrogen (secondary N) is 1. The summed E-state index contributed by atoms with van der Waals surface area (Å²) in [5, 5.41) is 7.59. The number of rotatable bonds is 3. The van der Waals surface area contributed by atoms with Crippen LogP contribution >= 0.6 is 11.8 Å². The van der Waals surface area contributed by atoms with Crippen molar-refractivity contribution in [3.8, 4) is 0 Å². The molecule has 0 atom stereocenters. The Hall–Kier alpha value is -3.05. The summed E-state index contributed by atoms with van der Waals surface area (Å²) in [6.07, 6.45) is 0. The second-order valence-corrected chi connectivity index (χ2v) is 8.93. The number of thioether (sulfide) groups is 1. The van der Waals surface area contributed by atoms with E-state index in [0.29, 0.717) is 17.3 Å². The molecule has 1 aliphatic heterocycles. The summed E-state index contributed by atoms with van der Waals surface area (Å²) in [6, 6.07) is 18.1. The van der Waals surface area contributed by atoms with Crippen LogP contribution < -0.4 is 10.9 Å². The lowest BCUT2D eigenvalue weighted by Crippen LogP contribution is -2.11. The van der Waals surface area contributed by atoms with Gasteiger partial charge in [0.25, 0.3) is 0 Å². The van der Waals surface area contributed by atoms with Crippen molar-refractivity contribution in [3.05, 3.63) is 81.7 Å². The Morgan fingerprint density at radius 2 is 1.90 bits per heavy atom. The second kappa shape index (κ2) is 7.33. The minimum absolute atomic E-state index is 0.316. The van der Waals surface area contributed by atoms with Crippen molar-refractivity contribution < 1.29 is 4.42 Å². The van der Waals surface area contributed by atoms with Gasteiger partial charge in [-0.15, -0.1) is 0 Å². The van der Waals surface area contributed by atoms with Crippen molar-refractivity contribution >= 4 is 50.0 Å². The van der Waals surface area contributed by atoms with E-state index < -0.39 is 0 Å². The second-order valence-electron chi connectivity index (χ2n) is 7.96. The van der Waals surface area contributed by atoms with Crippen LogP contribution in [-0.2, 0) is 5.75 Å². The highest BCUT2D eigenvalue weighted by Crippen LogP contribution is 2.37. The number of amidine groups is 1. The van der Waals surface area contributed by atoms with Crippen molar-refractivity contribution in [1.29, 1.82) is 0 Å². The monoisotopic (exact) mass is 414 g/mol. The van der Waals surface area contributed by atoms with Gasteiger partial charge in [-0.25, -0.2) is 9.79 Å². The predicted octanol–water partition coefficient (Wildman–Crippen LogP) is 6.72. The SMILES string of the molecule is Cc1cc2oc(=O)cc(CSC3=Nc4cccc5cccc(c45)N3)c2cc1C(C)C. The van der Waals surface area contributed by atoms with Crippen LogP contribution in [0.15, 0.2) is 68.8 Å². The van der Waals surface area contributed by atoms with E-state index in [-0.39, 0.29) is 5.63 Å². The van der Waals surface area contributed by atoms with Gasteiger partial charge < -0.3 is 9.73 Å². The summed E-state index contributed by atoms with van der Waals surface area (Å²) in [7, 11) is 0. The molecular formula is C25H22N2O2S. The molecule has 4 aromatic rings. The van der Waals surface area contributed by atoms with Gasteiger partial charge in [0.1, 0.15) is 5.58 Å². The molecule has 5 rings (SSSR count). The summed E-state index contributed by atoms with van der Waals surface area (Å²) < 4.78 is 5.48. The third-order valence-corrected chi connectivity index (χ3v) is 6.47. The van der Waals surface area contributed by atoms with E-state index in [1.807, 2.05) is 24.3 Å². The molecule has 0 saturated carbocycles. The third kappa shape index (κ3) is 3.29. The van der Waals surface area contributed by atoms with E-state index in [1.165, 1.54) is 10.9 Å². The Balaban J connectivity index is 1.51. The molecule has 1 aliphatic rings. The van der Waals surface area contributed by atoms with E-state index in [4.69, 9.17) is 9.41 Å². The molecule has 1 N–H and O–H groups in total. The Labute approximate surface area is 179 Å². The number of aliphatic imine (C=N–C) groups is 1. The van der Waals surface area contributed by atoms with Crippen molar-refractivity contribution in [2.24, 2.45) is 4.99 Å². The van der Waals surface area contributed by atoms with E-state index >= 15 is 0 Å². The number of benzene rings is 3. The molecule has 4 nitrogen and oxygen atoms in total. The average Bonchev–Trinajstić information content (AvgIpc) is 2.71. The van der Waals surface area contributed by atoms with Crippen LogP contribution in [0.25, 0.3) is 21.7 Å². The highest BCUT2D eigenvalue weighted by molar-refractivity contribution is 8.13. The smallest absolute Gasteiger partial charge is 0.336 e. The van der Waals surface area contributed by atoms with Gasteiger partial charge in [-0.05, 0) is 59.2 Å². The Kier molecular flexibility index (Phi) is 4.63. The van der Waals surface area contributed by atoms with Gasteiger partial charge in [-0.2, -0.15) is 0 Å². The number of hydrogen-bond acceptors (Lipinski definition) is 5. The van der Waals surface area contributed by atoms with Gasteiger partial charge in [0.05, 0.1) is 11.4 Å². The molecule has 0 saturated heterocycles. The fourth-order valence-corrected chi connectivity index (χ4v) is 4.99. The maximum Gasteiger partial charge on any atom is 0.336 e. The van der Waals surface area contributed by atoms with Gasteiger partial charge in [-0.1, -0.05) is 49.9 Å². The Bertz CT molecular complexity index is 1380. The molecule has 2 heterocycles. The standard InChI is InChI=1S/C25H22N2O2S/c1-14(2)18-12-19-17(11-23(28)29-22(19)10-15(18)3)13-30-25-26-20-8-4-6-16-7-5-9-21(27-25)24(16)20/h4-12,14H,13H2,1-3H3,(H,26,27). The molecule has 0 unspecified atom stereocenters. The highest BCUT2D eigenvalue weighted by atomic mass is 32.2. The number of hydrogen-bond donors (Lipinski definition) is 1. The lowest BCUT2D eigenvalue weighted by molar-refractivity contribution is 0.559. The first-order valence-corrected chi connectivity index (χ1v) is 11.1. The first kappa shape index (κ1) is 18.9. The quantitative estimate of drug-likeness (QED) is 0.378. The first-order chi connectivity index (χ1) is 14.5. The molecule has 0 bridgehead atoms. The first-order valence-electron chi connectivity index (χ1n) is 10.1. The fourth-order valence-electron chi connectivity index (χ4n) is 4.12. The topological polar surface area (TPSA) is 54.6 Å². The molecule has 150 valence electrons. The molecule has 0 amide bonds. The minimum Gasteiger partial charge on any atom is -0.423 e. The number of aryl methyl sites for hydroxylation is 1.